The number of aromatic nitrogens is 3. The number of nitrogen functional groups attached to an aromatic ring is 1. The second-order valence-electron chi connectivity index (χ2n) is 7.93. The summed E-state index contributed by atoms with van der Waals surface area (Å²) in [5.41, 5.74) is 10.4. The Morgan fingerprint density at radius 2 is 1.57 bits per heavy atom. The molecule has 28 heavy (non-hydrogen) atoms. The van der Waals surface area contributed by atoms with E-state index in [0.29, 0.717) is 5.95 Å². The molecule has 0 amide bonds. The third kappa shape index (κ3) is 3.11. The van der Waals surface area contributed by atoms with E-state index in [0.717, 1.165) is 30.2 Å². The van der Waals surface area contributed by atoms with Crippen molar-refractivity contribution >= 4 is 11.8 Å². The number of anilines is 2. The zero-order valence-corrected chi connectivity index (χ0v) is 16.0. The van der Waals surface area contributed by atoms with Gasteiger partial charge in [0.25, 0.3) is 0 Å². The van der Waals surface area contributed by atoms with Crippen molar-refractivity contribution in [3.05, 3.63) is 66.0 Å². The van der Waals surface area contributed by atoms with Crippen LogP contribution in [-0.2, 0) is 5.41 Å². The van der Waals surface area contributed by atoms with Crippen LogP contribution in [0.5, 0.6) is 0 Å². The first-order chi connectivity index (χ1) is 13.7. The van der Waals surface area contributed by atoms with E-state index in [1.54, 1.807) is 12.4 Å². The van der Waals surface area contributed by atoms with Gasteiger partial charge in [-0.2, -0.15) is 0 Å². The minimum Gasteiger partial charge on any atom is -0.368 e. The van der Waals surface area contributed by atoms with E-state index in [4.69, 9.17) is 10.7 Å². The maximum Gasteiger partial charge on any atom is 0.219 e. The van der Waals surface area contributed by atoms with Crippen LogP contribution >= 0.6 is 0 Å². The molecule has 0 radical (unpaired) electrons. The normalized spacial score (nSPS) is 18.1. The Kier molecular flexibility index (Phi) is 4.23. The molecule has 2 aliphatic rings. The highest BCUT2D eigenvalue weighted by atomic mass is 15.2. The first-order valence-corrected chi connectivity index (χ1v) is 10.2. The summed E-state index contributed by atoms with van der Waals surface area (Å²) >= 11 is 0. The Balaban J connectivity index is 1.62. The van der Waals surface area contributed by atoms with Gasteiger partial charge in [-0.25, -0.2) is 15.0 Å². The van der Waals surface area contributed by atoms with Crippen molar-refractivity contribution in [1.82, 2.24) is 15.0 Å². The lowest BCUT2D eigenvalue weighted by Crippen LogP contribution is -2.30. The van der Waals surface area contributed by atoms with Crippen LogP contribution in [0.15, 0.2) is 54.9 Å². The standard InChI is InChI=1S/C23H25N5/c24-22-25-15-17(16-26-22)20-13-19(14-21(27-20)28-11-5-2-6-12-28)23(9-10-23)18-7-3-1-4-8-18/h1,3-4,7-8,13-16H,2,5-6,9-12H2,(H2,24,25,26). The van der Waals surface area contributed by atoms with Crippen LogP contribution in [0.25, 0.3) is 11.3 Å². The minimum absolute atomic E-state index is 0.109. The zero-order valence-electron chi connectivity index (χ0n) is 16.0. The fraction of sp³-hybridized carbons (Fsp3) is 0.348. The molecule has 1 saturated carbocycles. The summed E-state index contributed by atoms with van der Waals surface area (Å²) in [6.45, 7) is 2.15. The van der Waals surface area contributed by atoms with E-state index < -0.39 is 0 Å². The van der Waals surface area contributed by atoms with Crippen molar-refractivity contribution in [1.29, 1.82) is 0 Å². The molecule has 1 aromatic carbocycles. The van der Waals surface area contributed by atoms with Gasteiger partial charge in [0, 0.05) is 36.5 Å². The van der Waals surface area contributed by atoms with Crippen molar-refractivity contribution in [2.45, 2.75) is 37.5 Å². The maximum absolute atomic E-state index is 5.69. The highest BCUT2D eigenvalue weighted by Crippen LogP contribution is 2.54. The first-order valence-electron chi connectivity index (χ1n) is 10.2. The number of piperidine rings is 1. The number of hydrogen-bond acceptors (Lipinski definition) is 5. The fourth-order valence-electron chi connectivity index (χ4n) is 4.32. The van der Waals surface area contributed by atoms with Gasteiger partial charge < -0.3 is 10.6 Å². The number of hydrogen-bond donors (Lipinski definition) is 1. The second-order valence-corrected chi connectivity index (χ2v) is 7.93. The lowest BCUT2D eigenvalue weighted by atomic mass is 9.87. The predicted octanol–water partition coefficient (Wildman–Crippen LogP) is 4.19. The molecule has 0 bridgehead atoms. The van der Waals surface area contributed by atoms with E-state index in [2.05, 4.69) is 57.3 Å². The lowest BCUT2D eigenvalue weighted by Gasteiger charge is -2.29. The molecule has 3 aromatic rings. The summed E-state index contributed by atoms with van der Waals surface area (Å²) in [6, 6.07) is 15.4. The molecule has 1 aliphatic carbocycles. The summed E-state index contributed by atoms with van der Waals surface area (Å²) < 4.78 is 0. The van der Waals surface area contributed by atoms with Gasteiger partial charge in [-0.1, -0.05) is 30.3 Å². The van der Waals surface area contributed by atoms with Gasteiger partial charge in [-0.3, -0.25) is 0 Å². The van der Waals surface area contributed by atoms with Crippen LogP contribution in [-0.4, -0.2) is 28.0 Å². The Hall–Kier alpha value is -2.95. The number of pyridine rings is 1. The van der Waals surface area contributed by atoms with Crippen molar-refractivity contribution in [2.75, 3.05) is 23.7 Å². The van der Waals surface area contributed by atoms with Gasteiger partial charge in [-0.15, -0.1) is 0 Å². The van der Waals surface area contributed by atoms with Gasteiger partial charge in [0.15, 0.2) is 0 Å². The molecule has 5 nitrogen and oxygen atoms in total. The predicted molar refractivity (Wildman–Crippen MR) is 112 cm³/mol. The zero-order chi connectivity index (χ0) is 19.0. The summed E-state index contributed by atoms with van der Waals surface area (Å²) in [5.74, 6) is 1.37. The molecule has 142 valence electrons. The first kappa shape index (κ1) is 17.2. The Morgan fingerprint density at radius 1 is 0.857 bits per heavy atom. The van der Waals surface area contributed by atoms with E-state index in [-0.39, 0.29) is 5.41 Å². The lowest BCUT2D eigenvalue weighted by molar-refractivity contribution is 0.573. The smallest absolute Gasteiger partial charge is 0.219 e. The summed E-state index contributed by atoms with van der Waals surface area (Å²) in [6.07, 6.45) is 9.68. The van der Waals surface area contributed by atoms with Gasteiger partial charge in [-0.05, 0) is 55.4 Å². The van der Waals surface area contributed by atoms with Crippen molar-refractivity contribution in [3.63, 3.8) is 0 Å². The van der Waals surface area contributed by atoms with Crippen molar-refractivity contribution in [2.24, 2.45) is 0 Å². The van der Waals surface area contributed by atoms with Crippen LogP contribution < -0.4 is 10.6 Å². The van der Waals surface area contributed by atoms with Crippen LogP contribution in [0, 0.1) is 0 Å². The molecule has 5 rings (SSSR count). The Bertz CT molecular complexity index is 958. The molecular formula is C23H25N5. The second kappa shape index (κ2) is 6.89. The average molecular weight is 371 g/mol. The molecule has 0 atom stereocenters. The highest BCUT2D eigenvalue weighted by molar-refractivity contribution is 5.64. The molecule has 1 aliphatic heterocycles. The van der Waals surface area contributed by atoms with Gasteiger partial charge >= 0.3 is 0 Å². The summed E-state index contributed by atoms with van der Waals surface area (Å²) in [7, 11) is 0. The summed E-state index contributed by atoms with van der Waals surface area (Å²) in [4.78, 5) is 15.8. The SMILES string of the molecule is Nc1ncc(-c2cc(C3(c4ccccc4)CC3)cc(N3CCCCC3)n2)cn1. The molecular weight excluding hydrogens is 346 g/mol. The van der Waals surface area contributed by atoms with Crippen LogP contribution in [0.1, 0.15) is 43.2 Å². The van der Waals surface area contributed by atoms with Crippen molar-refractivity contribution < 1.29 is 0 Å². The monoisotopic (exact) mass is 371 g/mol. The quantitative estimate of drug-likeness (QED) is 0.745. The minimum atomic E-state index is 0.109. The molecule has 0 unspecified atom stereocenters. The largest absolute Gasteiger partial charge is 0.368 e. The third-order valence-corrected chi connectivity index (χ3v) is 6.09. The van der Waals surface area contributed by atoms with Crippen LogP contribution in [0.4, 0.5) is 11.8 Å². The van der Waals surface area contributed by atoms with Gasteiger partial charge in [0.05, 0.1) is 5.69 Å². The topological polar surface area (TPSA) is 67.9 Å². The maximum atomic E-state index is 5.69. The Labute approximate surface area is 165 Å². The Morgan fingerprint density at radius 3 is 2.25 bits per heavy atom. The molecule has 2 aromatic heterocycles. The number of rotatable bonds is 4. The number of nitrogens with zero attached hydrogens (tertiary/aromatic N) is 4. The van der Waals surface area contributed by atoms with E-state index >= 15 is 0 Å². The fourth-order valence-corrected chi connectivity index (χ4v) is 4.32. The molecule has 2 fully saturated rings. The average Bonchev–Trinajstić information content (AvgIpc) is 3.57. The molecule has 3 heterocycles. The van der Waals surface area contributed by atoms with Crippen LogP contribution in [0.2, 0.25) is 0 Å². The molecule has 5 heteroatoms. The highest BCUT2D eigenvalue weighted by Gasteiger charge is 2.46. The van der Waals surface area contributed by atoms with Gasteiger partial charge in [0.1, 0.15) is 5.82 Å². The summed E-state index contributed by atoms with van der Waals surface area (Å²) in [5, 5.41) is 0. The van der Waals surface area contributed by atoms with E-state index in [1.807, 2.05) is 0 Å². The van der Waals surface area contributed by atoms with E-state index in [1.165, 1.54) is 43.2 Å². The van der Waals surface area contributed by atoms with Crippen molar-refractivity contribution in [3.8, 4) is 11.3 Å². The van der Waals surface area contributed by atoms with E-state index in [9.17, 15) is 0 Å². The molecule has 2 N–H and O–H groups in total. The number of benzene rings is 1. The molecule has 0 spiro atoms. The van der Waals surface area contributed by atoms with Crippen LogP contribution in [0.3, 0.4) is 0 Å². The number of nitrogens with two attached hydrogens (primary N) is 1. The third-order valence-electron chi connectivity index (χ3n) is 6.09. The molecule has 1 saturated heterocycles. The van der Waals surface area contributed by atoms with Gasteiger partial charge in [0.2, 0.25) is 5.95 Å².